The predicted octanol–water partition coefficient (Wildman–Crippen LogP) is 3.85. The summed E-state index contributed by atoms with van der Waals surface area (Å²) in [4.78, 5) is 12.1. The quantitative estimate of drug-likeness (QED) is 0.868. The average molecular weight is 270 g/mol. The van der Waals surface area contributed by atoms with Crippen LogP contribution in [0.1, 0.15) is 48.0 Å². The molecule has 2 rings (SSSR count). The van der Waals surface area contributed by atoms with Crippen molar-refractivity contribution in [2.24, 2.45) is 0 Å². The van der Waals surface area contributed by atoms with Crippen LogP contribution in [0.25, 0.3) is 0 Å². The van der Waals surface area contributed by atoms with Gasteiger partial charge in [-0.05, 0) is 37.5 Å². The summed E-state index contributed by atoms with van der Waals surface area (Å²) in [5.74, 6) is -0.694. The Hall–Kier alpha value is -1.09. The molecule has 1 amide bonds. The maximum Gasteiger partial charge on any atom is 0.253 e. The van der Waals surface area contributed by atoms with E-state index in [1.54, 1.807) is 6.92 Å². The Morgan fingerprint density at radius 1 is 1.33 bits per heavy atom. The van der Waals surface area contributed by atoms with Gasteiger partial charge in [0, 0.05) is 6.04 Å². The third-order valence-electron chi connectivity index (χ3n) is 3.40. The lowest BCUT2D eigenvalue weighted by Crippen LogP contribution is -2.36. The normalized spacial score (nSPS) is 16.6. The van der Waals surface area contributed by atoms with Crippen LogP contribution in [0, 0.1) is 12.7 Å². The van der Waals surface area contributed by atoms with E-state index in [-0.39, 0.29) is 17.5 Å². The molecule has 0 aliphatic heterocycles. The lowest BCUT2D eigenvalue weighted by Gasteiger charge is -2.23. The first-order chi connectivity index (χ1) is 8.58. The summed E-state index contributed by atoms with van der Waals surface area (Å²) in [6.07, 6.45) is 5.50. The summed E-state index contributed by atoms with van der Waals surface area (Å²) in [6, 6.07) is 2.73. The fourth-order valence-electron chi connectivity index (χ4n) is 2.40. The van der Waals surface area contributed by atoms with Crippen LogP contribution >= 0.6 is 11.6 Å². The maximum atomic E-state index is 13.3. The maximum absolute atomic E-state index is 13.3. The van der Waals surface area contributed by atoms with E-state index in [0.29, 0.717) is 10.6 Å². The standard InChI is InChI=1S/C14H17ClFNO/c1-9-7-10(16)8-12(13(9)15)14(18)17-11-5-3-2-4-6-11/h7-8,11H,2-6H2,1H3,(H,17,18). The molecule has 1 N–H and O–H groups in total. The molecule has 0 unspecified atom stereocenters. The lowest BCUT2D eigenvalue weighted by molar-refractivity contribution is 0.0927. The zero-order valence-corrected chi connectivity index (χ0v) is 11.2. The van der Waals surface area contributed by atoms with Gasteiger partial charge in [0.15, 0.2) is 0 Å². The molecule has 0 bridgehead atoms. The van der Waals surface area contributed by atoms with Crippen LogP contribution in [-0.2, 0) is 0 Å². The molecular weight excluding hydrogens is 253 g/mol. The number of hydrogen-bond donors (Lipinski definition) is 1. The third kappa shape index (κ3) is 3.02. The third-order valence-corrected chi connectivity index (χ3v) is 3.91. The van der Waals surface area contributed by atoms with E-state index in [1.165, 1.54) is 18.6 Å². The molecule has 1 aromatic carbocycles. The smallest absolute Gasteiger partial charge is 0.253 e. The number of benzene rings is 1. The van der Waals surface area contributed by atoms with Crippen LogP contribution in [0.2, 0.25) is 5.02 Å². The van der Waals surface area contributed by atoms with Crippen molar-refractivity contribution < 1.29 is 9.18 Å². The molecule has 0 spiro atoms. The molecule has 1 aliphatic carbocycles. The van der Waals surface area contributed by atoms with Crippen LogP contribution in [0.5, 0.6) is 0 Å². The number of nitrogens with one attached hydrogen (secondary N) is 1. The monoisotopic (exact) mass is 269 g/mol. The second-order valence-corrected chi connectivity index (χ2v) is 5.27. The number of amides is 1. The highest BCUT2D eigenvalue weighted by Gasteiger charge is 2.19. The lowest BCUT2D eigenvalue weighted by atomic mass is 9.95. The molecule has 0 radical (unpaired) electrons. The number of carbonyl (C=O) groups excluding carboxylic acids is 1. The average Bonchev–Trinajstić information content (AvgIpc) is 2.35. The predicted molar refractivity (Wildman–Crippen MR) is 70.5 cm³/mol. The first-order valence-corrected chi connectivity index (χ1v) is 6.72. The van der Waals surface area contributed by atoms with Crippen LogP contribution in [0.15, 0.2) is 12.1 Å². The number of carbonyl (C=O) groups is 1. The summed E-state index contributed by atoms with van der Waals surface area (Å²) in [6.45, 7) is 1.70. The molecule has 0 atom stereocenters. The van der Waals surface area contributed by atoms with Crippen molar-refractivity contribution in [1.82, 2.24) is 5.32 Å². The summed E-state index contributed by atoms with van der Waals surface area (Å²) in [7, 11) is 0. The molecule has 0 heterocycles. The van der Waals surface area contributed by atoms with Gasteiger partial charge >= 0.3 is 0 Å². The summed E-state index contributed by atoms with van der Waals surface area (Å²) >= 11 is 6.05. The summed E-state index contributed by atoms with van der Waals surface area (Å²) in [5.41, 5.74) is 0.824. The topological polar surface area (TPSA) is 29.1 Å². The molecule has 4 heteroatoms. The van der Waals surface area contributed by atoms with E-state index in [0.717, 1.165) is 25.7 Å². The molecule has 1 aromatic rings. The fourth-order valence-corrected chi connectivity index (χ4v) is 2.60. The Bertz CT molecular complexity index is 455. The largest absolute Gasteiger partial charge is 0.349 e. The van der Waals surface area contributed by atoms with Crippen molar-refractivity contribution >= 4 is 17.5 Å². The van der Waals surface area contributed by atoms with E-state index in [1.807, 2.05) is 0 Å². The van der Waals surface area contributed by atoms with Crippen molar-refractivity contribution in [2.75, 3.05) is 0 Å². The zero-order chi connectivity index (χ0) is 13.1. The van der Waals surface area contributed by atoms with E-state index >= 15 is 0 Å². The SMILES string of the molecule is Cc1cc(F)cc(C(=O)NC2CCCCC2)c1Cl. The van der Waals surface area contributed by atoms with Gasteiger partial charge in [0.05, 0.1) is 10.6 Å². The molecule has 2 nitrogen and oxygen atoms in total. The minimum atomic E-state index is -0.425. The highest BCUT2D eigenvalue weighted by molar-refractivity contribution is 6.34. The second-order valence-electron chi connectivity index (χ2n) is 4.89. The highest BCUT2D eigenvalue weighted by Crippen LogP contribution is 2.23. The summed E-state index contributed by atoms with van der Waals surface area (Å²) < 4.78 is 13.3. The van der Waals surface area contributed by atoms with Crippen LogP contribution in [-0.4, -0.2) is 11.9 Å². The number of hydrogen-bond acceptors (Lipinski definition) is 1. The molecule has 1 aliphatic rings. The van der Waals surface area contributed by atoms with Crippen LogP contribution in [0.4, 0.5) is 4.39 Å². The van der Waals surface area contributed by atoms with Crippen molar-refractivity contribution in [3.05, 3.63) is 34.1 Å². The van der Waals surface area contributed by atoms with Crippen LogP contribution in [0.3, 0.4) is 0 Å². The van der Waals surface area contributed by atoms with E-state index in [2.05, 4.69) is 5.32 Å². The van der Waals surface area contributed by atoms with Crippen molar-refractivity contribution in [3.63, 3.8) is 0 Å². The molecule has 0 saturated heterocycles. The van der Waals surface area contributed by atoms with E-state index in [9.17, 15) is 9.18 Å². The van der Waals surface area contributed by atoms with Crippen molar-refractivity contribution in [1.29, 1.82) is 0 Å². The molecule has 98 valence electrons. The summed E-state index contributed by atoms with van der Waals surface area (Å²) in [5, 5.41) is 3.28. The van der Waals surface area contributed by atoms with Gasteiger partial charge in [-0.25, -0.2) is 4.39 Å². The van der Waals surface area contributed by atoms with Gasteiger partial charge < -0.3 is 5.32 Å². The molecular formula is C14H17ClFNO. The molecule has 1 fully saturated rings. The minimum absolute atomic E-state index is 0.200. The van der Waals surface area contributed by atoms with Gasteiger partial charge in [-0.2, -0.15) is 0 Å². The van der Waals surface area contributed by atoms with Crippen molar-refractivity contribution in [3.8, 4) is 0 Å². The first kappa shape index (κ1) is 13.3. The van der Waals surface area contributed by atoms with Gasteiger partial charge in [-0.1, -0.05) is 30.9 Å². The Kier molecular flexibility index (Phi) is 4.23. The Labute approximate surface area is 112 Å². The van der Waals surface area contributed by atoms with Gasteiger partial charge in [0.2, 0.25) is 0 Å². The highest BCUT2D eigenvalue weighted by atomic mass is 35.5. The first-order valence-electron chi connectivity index (χ1n) is 6.34. The molecule has 18 heavy (non-hydrogen) atoms. The molecule has 1 saturated carbocycles. The van der Waals surface area contributed by atoms with Gasteiger partial charge in [0.1, 0.15) is 5.82 Å². The number of halogens is 2. The van der Waals surface area contributed by atoms with Crippen LogP contribution < -0.4 is 5.32 Å². The zero-order valence-electron chi connectivity index (χ0n) is 10.4. The molecule has 0 aromatic heterocycles. The van der Waals surface area contributed by atoms with E-state index < -0.39 is 5.82 Å². The van der Waals surface area contributed by atoms with Gasteiger partial charge in [-0.3, -0.25) is 4.79 Å². The van der Waals surface area contributed by atoms with Gasteiger partial charge in [-0.15, -0.1) is 0 Å². The van der Waals surface area contributed by atoms with Crippen molar-refractivity contribution in [2.45, 2.75) is 45.1 Å². The van der Waals surface area contributed by atoms with Gasteiger partial charge in [0.25, 0.3) is 5.91 Å². The second kappa shape index (κ2) is 5.70. The Balaban J connectivity index is 2.13. The fraction of sp³-hybridized carbons (Fsp3) is 0.500. The Morgan fingerprint density at radius 2 is 2.00 bits per heavy atom. The number of aryl methyl sites for hydroxylation is 1. The minimum Gasteiger partial charge on any atom is -0.349 e. The Morgan fingerprint density at radius 3 is 2.67 bits per heavy atom. The number of rotatable bonds is 2. The van der Waals surface area contributed by atoms with E-state index in [4.69, 9.17) is 11.6 Å².